The number of halogens is 1. The summed E-state index contributed by atoms with van der Waals surface area (Å²) in [5.41, 5.74) is 1.13. The molecule has 3 atom stereocenters. The quantitative estimate of drug-likeness (QED) is 0.400. The van der Waals surface area contributed by atoms with Crippen LogP contribution in [0, 0.1) is 11.7 Å². The largest absolute Gasteiger partial charge is 0.491 e. The molecule has 1 amide bonds. The lowest BCUT2D eigenvalue weighted by Gasteiger charge is -2.37. The maximum atomic E-state index is 13.6. The average molecular weight is 489 g/mol. The van der Waals surface area contributed by atoms with E-state index >= 15 is 0 Å². The number of allylic oxidation sites excluding steroid dienone is 1. The molecule has 1 aliphatic heterocycles. The van der Waals surface area contributed by atoms with E-state index in [4.69, 9.17) is 4.74 Å². The average Bonchev–Trinajstić information content (AvgIpc) is 3.31. The van der Waals surface area contributed by atoms with Crippen LogP contribution in [0.4, 0.5) is 4.39 Å². The van der Waals surface area contributed by atoms with Crippen molar-refractivity contribution in [2.75, 3.05) is 32.8 Å². The van der Waals surface area contributed by atoms with Crippen LogP contribution in [0.1, 0.15) is 49.6 Å². The van der Waals surface area contributed by atoms with Gasteiger partial charge in [0.15, 0.2) is 0 Å². The van der Waals surface area contributed by atoms with E-state index in [1.165, 1.54) is 17.0 Å². The van der Waals surface area contributed by atoms with Crippen LogP contribution < -0.4 is 4.74 Å². The highest BCUT2D eigenvalue weighted by atomic mass is 32.1. The Morgan fingerprint density at radius 1 is 1.35 bits per heavy atom. The Balaban J connectivity index is 1.71. The fourth-order valence-electron chi connectivity index (χ4n) is 4.34. The molecule has 0 unspecified atom stereocenters. The lowest BCUT2D eigenvalue weighted by atomic mass is 10.00. The van der Waals surface area contributed by atoms with Gasteiger partial charge in [0.05, 0.1) is 18.7 Å². The molecular weight excluding hydrogens is 451 g/mol. The second kappa shape index (κ2) is 13.0. The molecule has 0 radical (unpaired) electrons. The first-order valence-corrected chi connectivity index (χ1v) is 13.0. The van der Waals surface area contributed by atoms with Crippen molar-refractivity contribution in [3.63, 3.8) is 0 Å². The number of hydrogen-bond acceptors (Lipinski definition) is 5. The first-order valence-electron chi connectivity index (χ1n) is 12.2. The Bertz CT molecular complexity index is 917. The molecule has 0 spiro atoms. The minimum absolute atomic E-state index is 0.0452. The Morgan fingerprint density at radius 2 is 2.12 bits per heavy atom. The van der Waals surface area contributed by atoms with Crippen molar-refractivity contribution in [3.8, 4) is 5.75 Å². The Kier molecular flexibility index (Phi) is 10.1. The molecule has 1 aromatic carbocycles. The maximum Gasteiger partial charge on any atom is 0.237 e. The van der Waals surface area contributed by atoms with Gasteiger partial charge in [-0.25, -0.2) is 4.39 Å². The highest BCUT2D eigenvalue weighted by Crippen LogP contribution is 2.34. The van der Waals surface area contributed by atoms with E-state index in [0.717, 1.165) is 31.4 Å². The lowest BCUT2D eigenvalue weighted by molar-refractivity contribution is -0.136. The fourth-order valence-corrected chi connectivity index (χ4v) is 5.26. The summed E-state index contributed by atoms with van der Waals surface area (Å²) in [6, 6.07) is 7.85. The third-order valence-electron chi connectivity index (χ3n) is 6.44. The number of fused-ring (bicyclic) bond motifs is 1. The molecule has 186 valence electrons. The molecule has 1 N–H and O–H groups in total. The van der Waals surface area contributed by atoms with E-state index in [1.54, 1.807) is 23.5 Å². The van der Waals surface area contributed by atoms with Gasteiger partial charge in [-0.15, -0.1) is 17.9 Å². The van der Waals surface area contributed by atoms with Crippen LogP contribution in [0.2, 0.25) is 0 Å². The number of hydrogen-bond donors (Lipinski definition) is 1. The molecule has 1 aliphatic rings. The molecule has 0 fully saturated rings. The molecule has 1 aromatic heterocycles. The molecule has 5 nitrogen and oxygen atoms in total. The van der Waals surface area contributed by atoms with Gasteiger partial charge in [-0.1, -0.05) is 26.3 Å². The van der Waals surface area contributed by atoms with Crippen LogP contribution >= 0.6 is 11.3 Å². The van der Waals surface area contributed by atoms with Crippen molar-refractivity contribution in [2.24, 2.45) is 5.92 Å². The summed E-state index contributed by atoms with van der Waals surface area (Å²) in [5.74, 6) is 0.754. The number of carbonyl (C=O) groups excluding carboxylic acids is 1. The minimum Gasteiger partial charge on any atom is -0.491 e. The highest BCUT2D eigenvalue weighted by molar-refractivity contribution is 7.10. The summed E-state index contributed by atoms with van der Waals surface area (Å²) >= 11 is 1.71. The SMILES string of the molecule is C=CCC[C@H](O)CN(CC(=O)N1CCc2sccc2[C@H]1COc1ccc(F)cc1)C[C@@H](C)CC. The van der Waals surface area contributed by atoms with Crippen molar-refractivity contribution < 1.29 is 19.0 Å². The predicted molar refractivity (Wildman–Crippen MR) is 136 cm³/mol. The molecule has 2 heterocycles. The van der Waals surface area contributed by atoms with Crippen molar-refractivity contribution >= 4 is 17.2 Å². The Hall–Kier alpha value is -2.22. The van der Waals surface area contributed by atoms with Crippen LogP contribution in [0.3, 0.4) is 0 Å². The highest BCUT2D eigenvalue weighted by Gasteiger charge is 2.33. The predicted octanol–water partition coefficient (Wildman–Crippen LogP) is 5.07. The number of amides is 1. The first kappa shape index (κ1) is 26.4. The minimum atomic E-state index is -0.489. The van der Waals surface area contributed by atoms with Crippen LogP contribution in [-0.4, -0.2) is 59.7 Å². The number of ether oxygens (including phenoxy) is 1. The zero-order valence-electron chi connectivity index (χ0n) is 20.3. The maximum absolute atomic E-state index is 13.6. The normalized spacial score (nSPS) is 17.3. The Labute approximate surface area is 206 Å². The van der Waals surface area contributed by atoms with Gasteiger partial charge in [-0.3, -0.25) is 9.69 Å². The van der Waals surface area contributed by atoms with Crippen molar-refractivity contribution in [2.45, 2.75) is 51.7 Å². The summed E-state index contributed by atoms with van der Waals surface area (Å²) < 4.78 is 19.3. The van der Waals surface area contributed by atoms with Gasteiger partial charge in [0.1, 0.15) is 18.2 Å². The summed E-state index contributed by atoms with van der Waals surface area (Å²) in [4.78, 5) is 18.8. The number of aliphatic hydroxyl groups excluding tert-OH is 1. The second-order valence-corrected chi connectivity index (χ2v) is 10.1. The standard InChI is InChI=1S/C27H37FN2O3S/c1-4-6-7-22(31)17-29(16-20(3)5-2)18-27(32)30-14-12-26-24(13-15-34-26)25(30)19-33-23-10-8-21(28)9-11-23/h4,8-11,13,15,20,22,25,31H,1,5-7,12,14,16-19H2,2-3H3/t20-,22-,25+/m0/s1. The smallest absolute Gasteiger partial charge is 0.237 e. The number of carbonyl (C=O) groups is 1. The van der Waals surface area contributed by atoms with E-state index < -0.39 is 6.10 Å². The van der Waals surface area contributed by atoms with E-state index in [2.05, 4.69) is 36.8 Å². The van der Waals surface area contributed by atoms with Gasteiger partial charge >= 0.3 is 0 Å². The molecule has 2 aromatic rings. The molecular formula is C27H37FN2O3S. The third-order valence-corrected chi connectivity index (χ3v) is 7.43. The van der Waals surface area contributed by atoms with Crippen molar-refractivity contribution in [1.29, 1.82) is 0 Å². The van der Waals surface area contributed by atoms with Gasteiger partial charge in [0, 0.05) is 24.5 Å². The zero-order chi connectivity index (χ0) is 24.5. The molecule has 0 saturated heterocycles. The summed E-state index contributed by atoms with van der Waals surface area (Å²) in [6.07, 6.45) is 4.57. The Morgan fingerprint density at radius 3 is 2.82 bits per heavy atom. The fraction of sp³-hybridized carbons (Fsp3) is 0.519. The van der Waals surface area contributed by atoms with Crippen LogP contribution in [-0.2, 0) is 11.2 Å². The van der Waals surface area contributed by atoms with E-state index in [1.807, 2.05) is 11.0 Å². The molecule has 7 heteroatoms. The van der Waals surface area contributed by atoms with Crippen LogP contribution in [0.5, 0.6) is 5.75 Å². The monoisotopic (exact) mass is 488 g/mol. The summed E-state index contributed by atoms with van der Waals surface area (Å²) in [7, 11) is 0. The third kappa shape index (κ3) is 7.39. The first-order chi connectivity index (χ1) is 16.4. The number of aliphatic hydroxyl groups is 1. The number of rotatable bonds is 13. The summed E-state index contributed by atoms with van der Waals surface area (Å²) in [5, 5.41) is 12.5. The second-order valence-electron chi connectivity index (χ2n) is 9.14. The van der Waals surface area contributed by atoms with E-state index in [-0.39, 0.29) is 24.3 Å². The van der Waals surface area contributed by atoms with E-state index in [9.17, 15) is 14.3 Å². The van der Waals surface area contributed by atoms with Gasteiger partial charge < -0.3 is 14.7 Å². The van der Waals surface area contributed by atoms with Gasteiger partial charge in [-0.05, 0) is 66.5 Å². The molecule has 0 aliphatic carbocycles. The molecule has 3 rings (SSSR count). The van der Waals surface area contributed by atoms with Gasteiger partial charge in [0.25, 0.3) is 0 Å². The number of nitrogens with zero attached hydrogens (tertiary/aromatic N) is 2. The van der Waals surface area contributed by atoms with Crippen LogP contribution in [0.15, 0.2) is 48.4 Å². The van der Waals surface area contributed by atoms with Crippen molar-refractivity contribution in [3.05, 3.63) is 64.6 Å². The number of benzene rings is 1. The molecule has 0 saturated carbocycles. The molecule has 0 bridgehead atoms. The van der Waals surface area contributed by atoms with Crippen LogP contribution in [0.25, 0.3) is 0 Å². The number of thiophene rings is 1. The lowest BCUT2D eigenvalue weighted by Crippen LogP contribution is -2.48. The topological polar surface area (TPSA) is 53.0 Å². The zero-order valence-corrected chi connectivity index (χ0v) is 21.1. The molecule has 34 heavy (non-hydrogen) atoms. The van der Waals surface area contributed by atoms with E-state index in [0.29, 0.717) is 37.8 Å². The summed E-state index contributed by atoms with van der Waals surface area (Å²) in [6.45, 7) is 10.5. The van der Waals surface area contributed by atoms with Gasteiger partial charge in [0.2, 0.25) is 5.91 Å². The van der Waals surface area contributed by atoms with Crippen molar-refractivity contribution in [1.82, 2.24) is 9.80 Å². The van der Waals surface area contributed by atoms with Gasteiger partial charge in [-0.2, -0.15) is 0 Å².